The second-order valence-electron chi connectivity index (χ2n) is 2.40. The van der Waals surface area contributed by atoms with Crippen molar-refractivity contribution in [2.75, 3.05) is 0 Å². The first-order valence-corrected chi connectivity index (χ1v) is 3.49. The SMILES string of the molecule is C=C/C(C)=c1/ncccc1=C. The zero-order valence-electron chi connectivity index (χ0n) is 6.67. The molecule has 1 rings (SSSR count). The van der Waals surface area contributed by atoms with E-state index >= 15 is 0 Å². The van der Waals surface area contributed by atoms with E-state index in [9.17, 15) is 0 Å². The lowest BCUT2D eigenvalue weighted by atomic mass is 10.2. The maximum atomic E-state index is 4.18. The van der Waals surface area contributed by atoms with E-state index in [4.69, 9.17) is 0 Å². The number of rotatable bonds is 1. The van der Waals surface area contributed by atoms with Gasteiger partial charge in [-0.05, 0) is 23.8 Å². The van der Waals surface area contributed by atoms with Crippen LogP contribution in [0.15, 0.2) is 31.0 Å². The molecule has 1 aromatic heterocycles. The average molecular weight is 145 g/mol. The predicted octanol–water partition coefficient (Wildman–Crippen LogP) is 0.849. The Hall–Kier alpha value is -1.37. The molecule has 0 saturated carbocycles. The number of hydrogen-bond acceptors (Lipinski definition) is 1. The molecule has 0 atom stereocenters. The molecule has 1 heteroatoms. The van der Waals surface area contributed by atoms with E-state index in [0.717, 1.165) is 16.1 Å². The van der Waals surface area contributed by atoms with Crippen molar-refractivity contribution < 1.29 is 0 Å². The third-order valence-electron chi connectivity index (χ3n) is 1.57. The zero-order valence-corrected chi connectivity index (χ0v) is 6.67. The Kier molecular flexibility index (Phi) is 2.21. The van der Waals surface area contributed by atoms with Gasteiger partial charge in [0, 0.05) is 6.20 Å². The molecule has 1 aromatic rings. The maximum Gasteiger partial charge on any atom is 0.0724 e. The van der Waals surface area contributed by atoms with E-state index in [1.54, 1.807) is 12.3 Å². The molecule has 1 nitrogen and oxygen atoms in total. The number of pyridine rings is 1. The van der Waals surface area contributed by atoms with Crippen molar-refractivity contribution in [3.63, 3.8) is 0 Å². The van der Waals surface area contributed by atoms with Gasteiger partial charge in [0.25, 0.3) is 0 Å². The molecule has 0 unspecified atom stereocenters. The fraction of sp³-hybridized carbons (Fsp3) is 0.100. The molecule has 0 spiro atoms. The van der Waals surface area contributed by atoms with Crippen LogP contribution < -0.4 is 10.6 Å². The molecule has 0 saturated heterocycles. The fourth-order valence-corrected chi connectivity index (χ4v) is 0.890. The summed E-state index contributed by atoms with van der Waals surface area (Å²) in [5.41, 5.74) is 1.07. The number of nitrogens with zero attached hydrogens (tertiary/aromatic N) is 1. The lowest BCUT2D eigenvalue weighted by Crippen LogP contribution is -2.27. The van der Waals surface area contributed by atoms with Crippen LogP contribution in [0, 0.1) is 0 Å². The third kappa shape index (κ3) is 1.55. The molecule has 0 amide bonds. The van der Waals surface area contributed by atoms with Crippen molar-refractivity contribution in [1.82, 2.24) is 4.98 Å². The molecule has 0 bridgehead atoms. The van der Waals surface area contributed by atoms with Gasteiger partial charge in [-0.3, -0.25) is 4.98 Å². The van der Waals surface area contributed by atoms with Gasteiger partial charge >= 0.3 is 0 Å². The fourth-order valence-electron chi connectivity index (χ4n) is 0.890. The molecule has 0 radical (unpaired) electrons. The van der Waals surface area contributed by atoms with Crippen LogP contribution in [0.4, 0.5) is 0 Å². The number of allylic oxidation sites excluding steroid dienone is 1. The van der Waals surface area contributed by atoms with Gasteiger partial charge in [-0.15, -0.1) is 0 Å². The quantitative estimate of drug-likeness (QED) is 0.571. The Morgan fingerprint density at radius 2 is 2.36 bits per heavy atom. The van der Waals surface area contributed by atoms with Crippen LogP contribution >= 0.6 is 0 Å². The predicted molar refractivity (Wildman–Crippen MR) is 48.3 cm³/mol. The molecule has 0 aromatic carbocycles. The van der Waals surface area contributed by atoms with Crippen molar-refractivity contribution in [1.29, 1.82) is 0 Å². The molecular weight excluding hydrogens is 134 g/mol. The summed E-state index contributed by atoms with van der Waals surface area (Å²) in [4.78, 5) is 4.18. The summed E-state index contributed by atoms with van der Waals surface area (Å²) >= 11 is 0. The molecule has 56 valence electrons. The first-order chi connectivity index (χ1) is 5.25. The highest BCUT2D eigenvalue weighted by molar-refractivity contribution is 5.51. The van der Waals surface area contributed by atoms with Gasteiger partial charge in [-0.2, -0.15) is 0 Å². The van der Waals surface area contributed by atoms with Crippen LogP contribution in [-0.2, 0) is 0 Å². The van der Waals surface area contributed by atoms with Crippen LogP contribution in [0.3, 0.4) is 0 Å². The third-order valence-corrected chi connectivity index (χ3v) is 1.57. The van der Waals surface area contributed by atoms with Crippen molar-refractivity contribution in [2.45, 2.75) is 6.92 Å². The zero-order chi connectivity index (χ0) is 8.27. The summed E-state index contributed by atoms with van der Waals surface area (Å²) in [6, 6.07) is 3.82. The summed E-state index contributed by atoms with van der Waals surface area (Å²) < 4.78 is 0. The minimum absolute atomic E-state index is 0.933. The van der Waals surface area contributed by atoms with Crippen LogP contribution in [0.1, 0.15) is 6.92 Å². The average Bonchev–Trinajstić information content (AvgIpc) is 2.04. The van der Waals surface area contributed by atoms with Gasteiger partial charge in [0.1, 0.15) is 0 Å². The largest absolute Gasteiger partial charge is 0.256 e. The van der Waals surface area contributed by atoms with E-state index in [-0.39, 0.29) is 0 Å². The standard InChI is InChI=1S/C10H11N/c1-4-8(2)10-9(3)6-5-7-11-10/h4-7H,1,3H2,2H3/b10-8+. The van der Waals surface area contributed by atoms with Gasteiger partial charge in [-0.1, -0.05) is 25.3 Å². The first kappa shape index (κ1) is 7.73. The molecule has 0 aliphatic heterocycles. The summed E-state index contributed by atoms with van der Waals surface area (Å²) in [7, 11) is 0. The minimum atomic E-state index is 0.933. The summed E-state index contributed by atoms with van der Waals surface area (Å²) in [6.07, 6.45) is 3.55. The highest BCUT2D eigenvalue weighted by Gasteiger charge is 1.85. The van der Waals surface area contributed by atoms with E-state index in [1.165, 1.54) is 0 Å². The highest BCUT2D eigenvalue weighted by Crippen LogP contribution is 1.85. The Morgan fingerprint density at radius 1 is 1.64 bits per heavy atom. The Bertz CT molecular complexity index is 363. The van der Waals surface area contributed by atoms with Gasteiger partial charge in [0.2, 0.25) is 0 Å². The van der Waals surface area contributed by atoms with E-state index in [0.29, 0.717) is 0 Å². The smallest absolute Gasteiger partial charge is 0.0724 e. The summed E-state index contributed by atoms with van der Waals surface area (Å²) in [5.74, 6) is 0. The molecule has 1 heterocycles. The van der Waals surface area contributed by atoms with Gasteiger partial charge in [0.15, 0.2) is 0 Å². The van der Waals surface area contributed by atoms with Crippen molar-refractivity contribution in [3.05, 3.63) is 41.6 Å². The molecule has 0 aliphatic carbocycles. The first-order valence-electron chi connectivity index (χ1n) is 3.49. The van der Waals surface area contributed by atoms with Crippen LogP contribution in [0.25, 0.3) is 12.2 Å². The Balaban J connectivity index is 3.59. The molecule has 11 heavy (non-hydrogen) atoms. The van der Waals surface area contributed by atoms with Crippen molar-refractivity contribution in [3.8, 4) is 0 Å². The lowest BCUT2D eigenvalue weighted by Gasteiger charge is -1.90. The topological polar surface area (TPSA) is 12.9 Å². The molecule has 0 fully saturated rings. The normalized spacial score (nSPS) is 12.5. The van der Waals surface area contributed by atoms with Crippen LogP contribution in [0.2, 0.25) is 0 Å². The molecule has 0 aliphatic rings. The van der Waals surface area contributed by atoms with E-state index < -0.39 is 0 Å². The molecule has 0 N–H and O–H groups in total. The number of hydrogen-bond donors (Lipinski definition) is 0. The van der Waals surface area contributed by atoms with E-state index in [2.05, 4.69) is 18.1 Å². The summed E-state index contributed by atoms with van der Waals surface area (Å²) in [6.45, 7) is 9.51. The Morgan fingerprint density at radius 3 is 2.91 bits per heavy atom. The van der Waals surface area contributed by atoms with Gasteiger partial charge in [0.05, 0.1) is 5.35 Å². The lowest BCUT2D eigenvalue weighted by molar-refractivity contribution is 1.21. The van der Waals surface area contributed by atoms with Crippen LogP contribution in [0.5, 0.6) is 0 Å². The highest BCUT2D eigenvalue weighted by atomic mass is 14.6. The van der Waals surface area contributed by atoms with Crippen molar-refractivity contribution >= 4 is 12.2 Å². The Labute approximate surface area is 66.4 Å². The second-order valence-corrected chi connectivity index (χ2v) is 2.40. The van der Waals surface area contributed by atoms with Crippen LogP contribution in [-0.4, -0.2) is 4.98 Å². The summed E-state index contributed by atoms with van der Waals surface area (Å²) in [5, 5.41) is 1.88. The monoisotopic (exact) mass is 145 g/mol. The molecular formula is C10H11N. The maximum absolute atomic E-state index is 4.18. The second kappa shape index (κ2) is 3.15. The van der Waals surface area contributed by atoms with Gasteiger partial charge in [-0.25, -0.2) is 0 Å². The minimum Gasteiger partial charge on any atom is -0.256 e. The van der Waals surface area contributed by atoms with Crippen molar-refractivity contribution in [2.24, 2.45) is 0 Å². The number of aromatic nitrogens is 1. The van der Waals surface area contributed by atoms with Gasteiger partial charge < -0.3 is 0 Å². The van der Waals surface area contributed by atoms with E-state index in [1.807, 2.05) is 19.1 Å².